The van der Waals surface area contributed by atoms with Crippen molar-refractivity contribution in [2.45, 2.75) is 12.8 Å². The van der Waals surface area contributed by atoms with E-state index in [1.165, 1.54) is 16.9 Å². The molecule has 0 aliphatic heterocycles. The smallest absolute Gasteiger partial charge is 0.322 e. The number of benzene rings is 1. The molecule has 2 aromatic heterocycles. The average molecular weight is 340 g/mol. The number of amides is 1. The van der Waals surface area contributed by atoms with Crippen LogP contribution >= 0.6 is 0 Å². The largest absolute Gasteiger partial charge is 0.505 e. The highest BCUT2D eigenvalue weighted by Gasteiger charge is 2.20. The molecule has 2 heterocycles. The Hall–Kier alpha value is -3.42. The molecule has 0 spiro atoms. The Bertz CT molecular complexity index is 921. The van der Waals surface area contributed by atoms with Crippen LogP contribution in [-0.4, -0.2) is 43.2 Å². The van der Waals surface area contributed by atoms with Gasteiger partial charge in [-0.05, 0) is 24.5 Å². The van der Waals surface area contributed by atoms with Crippen LogP contribution in [-0.2, 0) is 17.6 Å². The van der Waals surface area contributed by atoms with Gasteiger partial charge < -0.3 is 15.5 Å². The summed E-state index contributed by atoms with van der Waals surface area (Å²) in [7, 11) is 0. The highest BCUT2D eigenvalue weighted by atomic mass is 16.4. The van der Waals surface area contributed by atoms with Crippen molar-refractivity contribution in [1.29, 1.82) is 0 Å². The number of carboxylic acids is 1. The molecule has 8 heteroatoms. The molecule has 3 N–H and O–H groups in total. The van der Waals surface area contributed by atoms with E-state index < -0.39 is 18.4 Å². The van der Waals surface area contributed by atoms with Crippen LogP contribution in [0.1, 0.15) is 21.6 Å². The number of aryl methyl sites for hydroxylation is 2. The lowest BCUT2D eigenvalue weighted by Gasteiger charge is -2.10. The van der Waals surface area contributed by atoms with Gasteiger partial charge in [0, 0.05) is 5.56 Å². The SMILES string of the molecule is O=C(O)CNC(=O)c1c(O)cc(CCc2ccccc2)c2ncnn12. The minimum atomic E-state index is -1.18. The van der Waals surface area contributed by atoms with Crippen molar-refractivity contribution in [2.24, 2.45) is 0 Å². The third-order valence-corrected chi connectivity index (χ3v) is 3.74. The molecular formula is C17H16N4O4. The fourth-order valence-electron chi connectivity index (χ4n) is 2.59. The Morgan fingerprint density at radius 3 is 2.64 bits per heavy atom. The summed E-state index contributed by atoms with van der Waals surface area (Å²) in [5.41, 5.74) is 2.20. The monoisotopic (exact) mass is 340 g/mol. The molecule has 0 fully saturated rings. The van der Waals surface area contributed by atoms with Gasteiger partial charge in [-0.1, -0.05) is 30.3 Å². The zero-order valence-corrected chi connectivity index (χ0v) is 13.2. The van der Waals surface area contributed by atoms with Gasteiger partial charge in [-0.15, -0.1) is 0 Å². The van der Waals surface area contributed by atoms with E-state index in [2.05, 4.69) is 15.4 Å². The lowest BCUT2D eigenvalue weighted by molar-refractivity contribution is -0.135. The van der Waals surface area contributed by atoms with Gasteiger partial charge in [0.25, 0.3) is 5.91 Å². The maximum absolute atomic E-state index is 12.1. The third kappa shape index (κ3) is 3.57. The molecule has 3 rings (SSSR count). The summed E-state index contributed by atoms with van der Waals surface area (Å²) in [6.07, 6.45) is 2.64. The molecule has 0 radical (unpaired) electrons. The molecule has 0 aliphatic rings. The third-order valence-electron chi connectivity index (χ3n) is 3.74. The molecule has 0 aliphatic carbocycles. The van der Waals surface area contributed by atoms with Gasteiger partial charge in [-0.25, -0.2) is 9.50 Å². The van der Waals surface area contributed by atoms with Gasteiger partial charge in [0.15, 0.2) is 11.3 Å². The molecule has 0 unspecified atom stereocenters. The van der Waals surface area contributed by atoms with Crippen LogP contribution in [0.25, 0.3) is 5.65 Å². The molecule has 0 atom stereocenters. The molecule has 0 bridgehead atoms. The molecule has 128 valence electrons. The van der Waals surface area contributed by atoms with E-state index in [9.17, 15) is 14.7 Å². The van der Waals surface area contributed by atoms with Gasteiger partial charge >= 0.3 is 5.97 Å². The highest BCUT2D eigenvalue weighted by molar-refractivity contribution is 5.97. The summed E-state index contributed by atoms with van der Waals surface area (Å²) in [4.78, 5) is 26.9. The lowest BCUT2D eigenvalue weighted by atomic mass is 10.0. The number of rotatable bonds is 6. The second-order valence-corrected chi connectivity index (χ2v) is 5.46. The number of nitrogens with zero attached hydrogens (tertiary/aromatic N) is 3. The van der Waals surface area contributed by atoms with Crippen LogP contribution in [0.5, 0.6) is 5.75 Å². The first-order valence-corrected chi connectivity index (χ1v) is 7.64. The van der Waals surface area contributed by atoms with Crippen molar-refractivity contribution in [3.8, 4) is 5.75 Å². The van der Waals surface area contributed by atoms with Crippen LogP contribution in [0.2, 0.25) is 0 Å². The molecule has 3 aromatic rings. The standard InChI is InChI=1S/C17H16N4O4/c22-13-8-12(7-6-11-4-2-1-3-5-11)16-19-10-20-21(16)15(13)17(25)18-9-14(23)24/h1-5,8,10,22H,6-7,9H2,(H,18,25)(H,23,24). The van der Waals surface area contributed by atoms with Gasteiger partial charge in [0.05, 0.1) is 0 Å². The van der Waals surface area contributed by atoms with E-state index in [4.69, 9.17) is 5.11 Å². The Morgan fingerprint density at radius 1 is 1.16 bits per heavy atom. The highest BCUT2D eigenvalue weighted by Crippen LogP contribution is 2.23. The molecule has 0 saturated carbocycles. The van der Waals surface area contributed by atoms with Crippen molar-refractivity contribution in [3.63, 3.8) is 0 Å². The number of fused-ring (bicyclic) bond motifs is 1. The number of carbonyl (C=O) groups is 2. The topological polar surface area (TPSA) is 117 Å². The number of aromatic nitrogens is 3. The van der Waals surface area contributed by atoms with Crippen molar-refractivity contribution in [2.75, 3.05) is 6.54 Å². The Labute approximate surface area is 142 Å². The zero-order chi connectivity index (χ0) is 17.8. The van der Waals surface area contributed by atoms with Crippen molar-refractivity contribution in [3.05, 3.63) is 59.5 Å². The van der Waals surface area contributed by atoms with Gasteiger partial charge in [-0.2, -0.15) is 5.10 Å². The van der Waals surface area contributed by atoms with E-state index in [0.29, 0.717) is 12.1 Å². The number of hydrogen-bond acceptors (Lipinski definition) is 5. The molecule has 8 nitrogen and oxygen atoms in total. The number of nitrogens with one attached hydrogen (secondary N) is 1. The van der Waals surface area contributed by atoms with Crippen molar-refractivity contribution in [1.82, 2.24) is 19.9 Å². The predicted octanol–water partition coefficient (Wildman–Crippen LogP) is 1.03. The average Bonchev–Trinajstić information content (AvgIpc) is 3.08. The summed E-state index contributed by atoms with van der Waals surface area (Å²) in [5, 5.41) is 25.1. The minimum absolute atomic E-state index is 0.141. The van der Waals surface area contributed by atoms with Crippen LogP contribution in [0.3, 0.4) is 0 Å². The molecular weight excluding hydrogens is 324 g/mol. The van der Waals surface area contributed by atoms with E-state index in [1.54, 1.807) is 0 Å². The quantitative estimate of drug-likeness (QED) is 0.617. The molecule has 0 saturated heterocycles. The first-order chi connectivity index (χ1) is 12.1. The number of carboxylic acid groups (broad SMARTS) is 1. The normalized spacial score (nSPS) is 10.7. The van der Waals surface area contributed by atoms with Crippen molar-refractivity contribution >= 4 is 17.5 Å². The van der Waals surface area contributed by atoms with Gasteiger partial charge in [-0.3, -0.25) is 9.59 Å². The van der Waals surface area contributed by atoms with E-state index in [0.717, 1.165) is 17.5 Å². The maximum atomic E-state index is 12.1. The van der Waals surface area contributed by atoms with Gasteiger partial charge in [0.2, 0.25) is 0 Å². The number of hydrogen-bond donors (Lipinski definition) is 3. The number of aromatic hydroxyl groups is 1. The second kappa shape index (κ2) is 7.00. The van der Waals surface area contributed by atoms with Crippen LogP contribution in [0.15, 0.2) is 42.7 Å². The Kier molecular flexibility index (Phi) is 4.60. The van der Waals surface area contributed by atoms with Crippen LogP contribution in [0, 0.1) is 0 Å². The number of carbonyl (C=O) groups excluding carboxylic acids is 1. The van der Waals surface area contributed by atoms with Gasteiger partial charge in [0.1, 0.15) is 18.6 Å². The van der Waals surface area contributed by atoms with E-state index in [-0.39, 0.29) is 11.4 Å². The second-order valence-electron chi connectivity index (χ2n) is 5.46. The molecule has 25 heavy (non-hydrogen) atoms. The van der Waals surface area contributed by atoms with E-state index >= 15 is 0 Å². The summed E-state index contributed by atoms with van der Waals surface area (Å²) in [5.74, 6) is -2.18. The van der Waals surface area contributed by atoms with Crippen LogP contribution in [0.4, 0.5) is 0 Å². The zero-order valence-electron chi connectivity index (χ0n) is 13.2. The summed E-state index contributed by atoms with van der Waals surface area (Å²) < 4.78 is 1.23. The lowest BCUT2D eigenvalue weighted by Crippen LogP contribution is -2.31. The fraction of sp³-hybridized carbons (Fsp3) is 0.176. The fourth-order valence-corrected chi connectivity index (χ4v) is 2.59. The molecule has 1 aromatic carbocycles. The van der Waals surface area contributed by atoms with E-state index in [1.807, 2.05) is 30.3 Å². The first kappa shape index (κ1) is 16.4. The summed E-state index contributed by atoms with van der Waals surface area (Å²) >= 11 is 0. The Morgan fingerprint density at radius 2 is 1.92 bits per heavy atom. The Balaban J connectivity index is 1.90. The maximum Gasteiger partial charge on any atom is 0.322 e. The van der Waals surface area contributed by atoms with Crippen molar-refractivity contribution < 1.29 is 19.8 Å². The number of aliphatic carboxylic acids is 1. The number of pyridine rings is 1. The minimum Gasteiger partial charge on any atom is -0.505 e. The van der Waals surface area contributed by atoms with Crippen LogP contribution < -0.4 is 5.32 Å². The predicted molar refractivity (Wildman–Crippen MR) is 88.5 cm³/mol. The molecule has 1 amide bonds. The first-order valence-electron chi connectivity index (χ1n) is 7.64. The summed E-state index contributed by atoms with van der Waals surface area (Å²) in [6.45, 7) is -0.551. The summed E-state index contributed by atoms with van der Waals surface area (Å²) in [6, 6.07) is 11.3.